The Balaban J connectivity index is 2.73. The van der Waals surface area contributed by atoms with Gasteiger partial charge in [0.15, 0.2) is 0 Å². The number of hydrogen-bond donors (Lipinski definition) is 1. The van der Waals surface area contributed by atoms with Gasteiger partial charge in [0.05, 0.1) is 13.0 Å². The molecule has 0 bridgehead atoms. The zero-order valence-corrected chi connectivity index (χ0v) is 13.6. The first-order valence-electron chi connectivity index (χ1n) is 7.63. The van der Waals surface area contributed by atoms with Crippen LogP contribution < -0.4 is 10.5 Å². The maximum atomic E-state index is 12.6. The van der Waals surface area contributed by atoms with Gasteiger partial charge in [-0.05, 0) is 37.0 Å². The van der Waals surface area contributed by atoms with E-state index in [0.29, 0.717) is 25.6 Å². The van der Waals surface area contributed by atoms with Gasteiger partial charge in [-0.3, -0.25) is 4.79 Å². The summed E-state index contributed by atoms with van der Waals surface area (Å²) in [6.45, 7) is 7.97. The number of carbonyl (C=O) groups is 1. The summed E-state index contributed by atoms with van der Waals surface area (Å²) >= 11 is 0. The molecule has 0 heterocycles. The Bertz CT molecular complexity index is 429. The Morgan fingerprint density at radius 1 is 1.29 bits per heavy atom. The quantitative estimate of drug-likeness (QED) is 0.801. The zero-order chi connectivity index (χ0) is 15.8. The van der Waals surface area contributed by atoms with E-state index < -0.39 is 0 Å². The van der Waals surface area contributed by atoms with Crippen LogP contribution >= 0.6 is 0 Å². The molecule has 0 spiro atoms. The number of hydrogen-bond acceptors (Lipinski definition) is 3. The third-order valence-corrected chi connectivity index (χ3v) is 3.62. The molecule has 0 radical (unpaired) electrons. The van der Waals surface area contributed by atoms with Crippen molar-refractivity contribution in [3.63, 3.8) is 0 Å². The molecule has 1 atom stereocenters. The maximum Gasteiger partial charge on any atom is 0.227 e. The van der Waals surface area contributed by atoms with Gasteiger partial charge >= 0.3 is 0 Å². The second-order valence-corrected chi connectivity index (χ2v) is 5.76. The fourth-order valence-electron chi connectivity index (χ4n) is 2.42. The number of nitrogens with two attached hydrogens (primary N) is 1. The Morgan fingerprint density at radius 2 is 1.90 bits per heavy atom. The van der Waals surface area contributed by atoms with Gasteiger partial charge in [0.25, 0.3) is 0 Å². The topological polar surface area (TPSA) is 55.6 Å². The predicted octanol–water partition coefficient (Wildman–Crippen LogP) is 2.66. The summed E-state index contributed by atoms with van der Waals surface area (Å²) in [7, 11) is 1.65. The highest BCUT2D eigenvalue weighted by molar-refractivity contribution is 5.79. The van der Waals surface area contributed by atoms with Crippen molar-refractivity contribution < 1.29 is 9.53 Å². The van der Waals surface area contributed by atoms with Gasteiger partial charge < -0.3 is 15.4 Å². The summed E-state index contributed by atoms with van der Waals surface area (Å²) in [6, 6.07) is 7.83. The Hall–Kier alpha value is -1.55. The molecule has 1 amide bonds. The van der Waals surface area contributed by atoms with E-state index in [9.17, 15) is 4.79 Å². The first kappa shape index (κ1) is 17.5. The van der Waals surface area contributed by atoms with Crippen LogP contribution in [0.2, 0.25) is 0 Å². The van der Waals surface area contributed by atoms with Crippen molar-refractivity contribution in [2.75, 3.05) is 20.2 Å². The SMILES string of the molecule is CCN(Cc1ccc(OC)cc1)C(=O)C(CN)CC(C)C. The normalized spacial score (nSPS) is 12.3. The van der Waals surface area contributed by atoms with Crippen molar-refractivity contribution in [1.29, 1.82) is 0 Å². The zero-order valence-electron chi connectivity index (χ0n) is 13.6. The van der Waals surface area contributed by atoms with E-state index in [-0.39, 0.29) is 11.8 Å². The Kier molecular flexibility index (Phi) is 7.23. The number of nitrogens with zero attached hydrogens (tertiary/aromatic N) is 1. The molecule has 21 heavy (non-hydrogen) atoms. The molecular formula is C17H28N2O2. The lowest BCUT2D eigenvalue weighted by molar-refractivity contribution is -0.136. The van der Waals surface area contributed by atoms with Crippen LogP contribution in [0.4, 0.5) is 0 Å². The molecule has 4 heteroatoms. The van der Waals surface area contributed by atoms with E-state index in [0.717, 1.165) is 17.7 Å². The van der Waals surface area contributed by atoms with Gasteiger partial charge in [-0.1, -0.05) is 26.0 Å². The minimum Gasteiger partial charge on any atom is -0.497 e. The lowest BCUT2D eigenvalue weighted by Gasteiger charge is -2.26. The van der Waals surface area contributed by atoms with Gasteiger partial charge in [-0.2, -0.15) is 0 Å². The van der Waals surface area contributed by atoms with Gasteiger partial charge in [-0.15, -0.1) is 0 Å². The van der Waals surface area contributed by atoms with Crippen molar-refractivity contribution >= 4 is 5.91 Å². The highest BCUT2D eigenvalue weighted by Crippen LogP contribution is 2.17. The average molecular weight is 292 g/mol. The molecule has 0 saturated heterocycles. The van der Waals surface area contributed by atoms with E-state index in [4.69, 9.17) is 10.5 Å². The lowest BCUT2D eigenvalue weighted by atomic mass is 9.95. The molecular weight excluding hydrogens is 264 g/mol. The van der Waals surface area contributed by atoms with Crippen LogP contribution in [0, 0.1) is 11.8 Å². The third-order valence-electron chi connectivity index (χ3n) is 3.62. The molecule has 1 aromatic carbocycles. The van der Waals surface area contributed by atoms with Crippen molar-refractivity contribution in [2.24, 2.45) is 17.6 Å². The van der Waals surface area contributed by atoms with Crippen LogP contribution in [0.25, 0.3) is 0 Å². The second-order valence-electron chi connectivity index (χ2n) is 5.76. The Morgan fingerprint density at radius 3 is 2.33 bits per heavy atom. The first-order chi connectivity index (χ1) is 10.0. The van der Waals surface area contributed by atoms with Crippen LogP contribution in [0.1, 0.15) is 32.8 Å². The molecule has 1 rings (SSSR count). The number of benzene rings is 1. The third kappa shape index (κ3) is 5.38. The first-order valence-corrected chi connectivity index (χ1v) is 7.63. The minimum atomic E-state index is -0.0804. The van der Waals surface area contributed by atoms with Crippen LogP contribution in [0.5, 0.6) is 5.75 Å². The largest absolute Gasteiger partial charge is 0.497 e. The van der Waals surface area contributed by atoms with E-state index in [2.05, 4.69) is 13.8 Å². The number of methoxy groups -OCH3 is 1. The molecule has 0 aromatic heterocycles. The molecule has 1 aromatic rings. The molecule has 0 saturated carbocycles. The summed E-state index contributed by atoms with van der Waals surface area (Å²) in [5, 5.41) is 0. The van der Waals surface area contributed by atoms with Crippen molar-refractivity contribution in [1.82, 2.24) is 4.90 Å². The number of ether oxygens (including phenoxy) is 1. The van der Waals surface area contributed by atoms with Gasteiger partial charge in [0, 0.05) is 19.6 Å². The van der Waals surface area contributed by atoms with Gasteiger partial charge in [-0.25, -0.2) is 0 Å². The summed E-state index contributed by atoms with van der Waals surface area (Å²) < 4.78 is 5.15. The standard InChI is InChI=1S/C17H28N2O2/c1-5-19(17(20)15(11-18)10-13(2)3)12-14-6-8-16(21-4)9-7-14/h6-9,13,15H,5,10-12,18H2,1-4H3. The Labute approximate surface area is 128 Å². The molecule has 0 fully saturated rings. The summed E-state index contributed by atoms with van der Waals surface area (Å²) in [5.41, 5.74) is 6.88. The average Bonchev–Trinajstić information content (AvgIpc) is 2.50. The summed E-state index contributed by atoms with van der Waals surface area (Å²) in [5.74, 6) is 1.38. The van der Waals surface area contributed by atoms with E-state index in [1.54, 1.807) is 7.11 Å². The fourth-order valence-corrected chi connectivity index (χ4v) is 2.42. The molecule has 1 unspecified atom stereocenters. The monoisotopic (exact) mass is 292 g/mol. The van der Waals surface area contributed by atoms with E-state index in [1.165, 1.54) is 0 Å². The van der Waals surface area contributed by atoms with Gasteiger partial charge in [0.1, 0.15) is 5.75 Å². The number of carbonyl (C=O) groups excluding carboxylic acids is 1. The van der Waals surface area contributed by atoms with Gasteiger partial charge in [0.2, 0.25) is 5.91 Å². The lowest BCUT2D eigenvalue weighted by Crippen LogP contribution is -2.39. The molecule has 0 aliphatic carbocycles. The summed E-state index contributed by atoms with van der Waals surface area (Å²) in [4.78, 5) is 14.5. The number of amides is 1. The second kappa shape index (κ2) is 8.67. The van der Waals surface area contributed by atoms with E-state index in [1.807, 2.05) is 36.1 Å². The van der Waals surface area contributed by atoms with Crippen LogP contribution in [-0.4, -0.2) is 31.0 Å². The molecule has 118 valence electrons. The number of rotatable bonds is 8. The highest BCUT2D eigenvalue weighted by atomic mass is 16.5. The molecule has 0 aliphatic heterocycles. The van der Waals surface area contributed by atoms with Crippen molar-refractivity contribution in [3.05, 3.63) is 29.8 Å². The molecule has 0 aliphatic rings. The van der Waals surface area contributed by atoms with Crippen LogP contribution in [-0.2, 0) is 11.3 Å². The van der Waals surface area contributed by atoms with Crippen LogP contribution in [0.15, 0.2) is 24.3 Å². The van der Waals surface area contributed by atoms with E-state index >= 15 is 0 Å². The maximum absolute atomic E-state index is 12.6. The predicted molar refractivity (Wildman–Crippen MR) is 86.1 cm³/mol. The summed E-state index contributed by atoms with van der Waals surface area (Å²) in [6.07, 6.45) is 0.842. The minimum absolute atomic E-state index is 0.0804. The molecule has 4 nitrogen and oxygen atoms in total. The molecule has 2 N–H and O–H groups in total. The van der Waals surface area contributed by atoms with Crippen molar-refractivity contribution in [3.8, 4) is 5.75 Å². The highest BCUT2D eigenvalue weighted by Gasteiger charge is 2.23. The fraction of sp³-hybridized carbons (Fsp3) is 0.588. The van der Waals surface area contributed by atoms with Crippen LogP contribution in [0.3, 0.4) is 0 Å². The smallest absolute Gasteiger partial charge is 0.227 e. The van der Waals surface area contributed by atoms with Crippen molar-refractivity contribution in [2.45, 2.75) is 33.7 Å².